The van der Waals surface area contributed by atoms with Gasteiger partial charge in [-0.3, -0.25) is 9.59 Å². The Kier molecular flexibility index (Phi) is 8.78. The van der Waals surface area contributed by atoms with Gasteiger partial charge in [-0.1, -0.05) is 44.2 Å². The van der Waals surface area contributed by atoms with E-state index in [4.69, 9.17) is 5.73 Å². The van der Waals surface area contributed by atoms with Crippen LogP contribution in [-0.4, -0.2) is 47.6 Å². The summed E-state index contributed by atoms with van der Waals surface area (Å²) in [5.41, 5.74) is 5.82. The maximum Gasteiger partial charge on any atom is 0.287 e. The number of alkyl halides is 2. The molecule has 0 saturated heterocycles. The molecule has 0 spiro atoms. The van der Waals surface area contributed by atoms with E-state index in [1.807, 2.05) is 6.07 Å². The number of hydrogen-bond acceptors (Lipinski definition) is 4. The van der Waals surface area contributed by atoms with Gasteiger partial charge in [-0.15, -0.1) is 0 Å². The van der Waals surface area contributed by atoms with Gasteiger partial charge in [0.15, 0.2) is 0 Å². The summed E-state index contributed by atoms with van der Waals surface area (Å²) in [4.78, 5) is 24.4. The minimum atomic E-state index is -3.52. The van der Waals surface area contributed by atoms with Gasteiger partial charge in [-0.2, -0.15) is 0 Å². The van der Waals surface area contributed by atoms with Crippen molar-refractivity contribution in [3.63, 3.8) is 0 Å². The van der Waals surface area contributed by atoms with Crippen LogP contribution >= 0.6 is 0 Å². The molecule has 1 rings (SSSR count). The zero-order valence-corrected chi connectivity index (χ0v) is 15.9. The molecule has 0 aromatic heterocycles. The molecule has 8 heteroatoms. The van der Waals surface area contributed by atoms with Crippen molar-refractivity contribution in [2.24, 2.45) is 11.7 Å². The van der Waals surface area contributed by atoms with Crippen molar-refractivity contribution in [1.29, 1.82) is 0 Å². The Morgan fingerprint density at radius 2 is 1.74 bits per heavy atom. The lowest BCUT2D eigenvalue weighted by molar-refractivity contribution is -0.135. The number of rotatable bonds is 10. The fraction of sp³-hybridized carbons (Fsp3) is 0.579. The topological polar surface area (TPSA) is 104 Å². The number of hydrogen-bond donors (Lipinski definition) is 4. The smallest absolute Gasteiger partial charge is 0.287 e. The molecule has 3 atom stereocenters. The first kappa shape index (κ1) is 23.0. The number of halogens is 2. The average molecular weight is 385 g/mol. The molecule has 0 saturated carbocycles. The zero-order valence-electron chi connectivity index (χ0n) is 15.9. The van der Waals surface area contributed by atoms with Gasteiger partial charge >= 0.3 is 0 Å². The highest BCUT2D eigenvalue weighted by Crippen LogP contribution is 2.23. The van der Waals surface area contributed by atoms with Gasteiger partial charge in [0.05, 0.1) is 19.0 Å². The fourth-order valence-electron chi connectivity index (χ4n) is 2.64. The molecule has 0 radical (unpaired) electrons. The summed E-state index contributed by atoms with van der Waals surface area (Å²) in [6.07, 6.45) is -1.87. The summed E-state index contributed by atoms with van der Waals surface area (Å²) < 4.78 is 27.5. The maximum absolute atomic E-state index is 13.8. The Bertz CT molecular complexity index is 611. The van der Waals surface area contributed by atoms with Crippen molar-refractivity contribution in [1.82, 2.24) is 10.6 Å². The molecular weight excluding hydrogens is 356 g/mol. The Morgan fingerprint density at radius 3 is 2.26 bits per heavy atom. The quantitative estimate of drug-likeness (QED) is 0.486. The van der Waals surface area contributed by atoms with E-state index in [0.717, 1.165) is 5.56 Å². The van der Waals surface area contributed by atoms with Crippen LogP contribution in [0.15, 0.2) is 30.3 Å². The number of aliphatic hydroxyl groups is 1. The van der Waals surface area contributed by atoms with Crippen LogP contribution < -0.4 is 16.4 Å². The second kappa shape index (κ2) is 10.3. The Morgan fingerprint density at radius 1 is 1.15 bits per heavy atom. The molecular formula is C19H29F2N3O3. The third-order valence-corrected chi connectivity index (χ3v) is 4.12. The highest BCUT2D eigenvalue weighted by Gasteiger charge is 2.43. The molecule has 2 amide bonds. The van der Waals surface area contributed by atoms with Crippen LogP contribution in [0, 0.1) is 5.92 Å². The van der Waals surface area contributed by atoms with Crippen LogP contribution in [0.4, 0.5) is 8.78 Å². The summed E-state index contributed by atoms with van der Waals surface area (Å²) in [7, 11) is 0. The number of carbonyl (C=O) groups excluding carboxylic acids is 2. The number of nitrogens with two attached hydrogens (primary N) is 1. The van der Waals surface area contributed by atoms with Crippen molar-refractivity contribution >= 4 is 11.8 Å². The third kappa shape index (κ3) is 7.60. The molecule has 5 N–H and O–H groups in total. The molecule has 0 aliphatic heterocycles. The maximum atomic E-state index is 13.8. The van der Waals surface area contributed by atoms with Gasteiger partial charge in [0, 0.05) is 0 Å². The normalized spacial score (nSPS) is 15.1. The highest BCUT2D eigenvalue weighted by atomic mass is 19.3. The number of benzene rings is 1. The Labute approximate surface area is 158 Å². The van der Waals surface area contributed by atoms with Crippen molar-refractivity contribution in [3.8, 4) is 0 Å². The standard InChI is InChI=1S/C19H29F2N3O3/c1-12(2)9-15(17(26)19(20,21)11-22)24-18(27)13(3)23-16(25)10-14-7-5-4-6-8-14/h4-8,12-13,15,17,26H,9-11,22H2,1-3H3,(H,23,25)(H,24,27)/t13-,15?,17?/m1/s1. The number of nitrogens with one attached hydrogen (secondary N) is 2. The van der Waals surface area contributed by atoms with Crippen molar-refractivity contribution < 1.29 is 23.5 Å². The van der Waals surface area contributed by atoms with Crippen LogP contribution in [0.3, 0.4) is 0 Å². The SMILES string of the molecule is CC(C)CC(NC(=O)[C@@H](C)NC(=O)Cc1ccccc1)C(O)C(F)(F)CN. The van der Waals surface area contributed by atoms with Crippen molar-refractivity contribution in [3.05, 3.63) is 35.9 Å². The van der Waals surface area contributed by atoms with Gasteiger partial charge in [-0.25, -0.2) is 8.78 Å². The summed E-state index contributed by atoms with van der Waals surface area (Å²) in [5, 5.41) is 14.9. The van der Waals surface area contributed by atoms with E-state index in [1.54, 1.807) is 38.1 Å². The minimum Gasteiger partial charge on any atom is -0.385 e. The van der Waals surface area contributed by atoms with Gasteiger partial charge in [0.1, 0.15) is 12.1 Å². The lowest BCUT2D eigenvalue weighted by Crippen LogP contribution is -2.57. The number of aliphatic hydroxyl groups excluding tert-OH is 1. The largest absolute Gasteiger partial charge is 0.385 e. The predicted octanol–water partition coefficient (Wildman–Crippen LogP) is 1.22. The molecule has 0 bridgehead atoms. The van der Waals surface area contributed by atoms with Gasteiger partial charge in [0.25, 0.3) is 5.92 Å². The summed E-state index contributed by atoms with van der Waals surface area (Å²) in [5.74, 6) is -4.57. The van der Waals surface area contributed by atoms with Gasteiger partial charge < -0.3 is 21.5 Å². The van der Waals surface area contributed by atoms with Gasteiger partial charge in [0.2, 0.25) is 11.8 Å². The van der Waals surface area contributed by atoms with Crippen LogP contribution in [0.25, 0.3) is 0 Å². The molecule has 0 fully saturated rings. The number of amides is 2. The van der Waals surface area contributed by atoms with Gasteiger partial charge in [-0.05, 0) is 24.8 Å². The first-order valence-electron chi connectivity index (χ1n) is 8.96. The number of carbonyl (C=O) groups is 2. The summed E-state index contributed by atoms with van der Waals surface area (Å²) in [6.45, 7) is 4.01. The fourth-order valence-corrected chi connectivity index (χ4v) is 2.64. The second-order valence-electron chi connectivity index (χ2n) is 7.11. The second-order valence-corrected chi connectivity index (χ2v) is 7.11. The summed E-state index contributed by atoms with van der Waals surface area (Å²) in [6, 6.07) is 6.89. The van der Waals surface area contributed by atoms with Crippen molar-refractivity contribution in [2.75, 3.05) is 6.54 Å². The average Bonchev–Trinajstić information content (AvgIpc) is 2.60. The molecule has 0 aliphatic carbocycles. The Hall–Kier alpha value is -2.06. The molecule has 0 heterocycles. The van der Waals surface area contributed by atoms with E-state index in [-0.39, 0.29) is 24.7 Å². The van der Waals surface area contributed by atoms with E-state index < -0.39 is 36.6 Å². The van der Waals surface area contributed by atoms with E-state index in [2.05, 4.69) is 10.6 Å². The van der Waals surface area contributed by atoms with Crippen LogP contribution in [0.2, 0.25) is 0 Å². The molecule has 2 unspecified atom stereocenters. The predicted molar refractivity (Wildman–Crippen MR) is 99.1 cm³/mol. The van der Waals surface area contributed by atoms with Crippen LogP contribution in [0.1, 0.15) is 32.8 Å². The highest BCUT2D eigenvalue weighted by molar-refractivity contribution is 5.88. The molecule has 0 aliphatic rings. The lowest BCUT2D eigenvalue weighted by atomic mass is 9.95. The summed E-state index contributed by atoms with van der Waals surface area (Å²) >= 11 is 0. The zero-order chi connectivity index (χ0) is 20.6. The molecule has 6 nitrogen and oxygen atoms in total. The van der Waals surface area contributed by atoms with Crippen molar-refractivity contribution in [2.45, 2.75) is 57.7 Å². The molecule has 152 valence electrons. The lowest BCUT2D eigenvalue weighted by Gasteiger charge is -2.31. The minimum absolute atomic E-state index is 0.0403. The van der Waals surface area contributed by atoms with E-state index in [0.29, 0.717) is 0 Å². The first-order valence-corrected chi connectivity index (χ1v) is 8.96. The van der Waals surface area contributed by atoms with E-state index in [1.165, 1.54) is 6.92 Å². The van der Waals surface area contributed by atoms with E-state index >= 15 is 0 Å². The molecule has 1 aromatic rings. The Balaban J connectivity index is 2.69. The monoisotopic (exact) mass is 385 g/mol. The third-order valence-electron chi connectivity index (χ3n) is 4.12. The molecule has 27 heavy (non-hydrogen) atoms. The first-order chi connectivity index (χ1) is 12.6. The van der Waals surface area contributed by atoms with Crippen LogP contribution in [-0.2, 0) is 16.0 Å². The van der Waals surface area contributed by atoms with Crippen LogP contribution in [0.5, 0.6) is 0 Å². The molecule has 1 aromatic carbocycles. The van der Waals surface area contributed by atoms with E-state index in [9.17, 15) is 23.5 Å².